The van der Waals surface area contributed by atoms with Crippen molar-refractivity contribution in [3.05, 3.63) is 0 Å². The Morgan fingerprint density at radius 1 is 0.933 bits per heavy atom. The van der Waals surface area contributed by atoms with Crippen LogP contribution < -0.4 is 5.32 Å². The maximum Gasteiger partial charge on any atom is 0.0700 e. The van der Waals surface area contributed by atoms with E-state index in [-0.39, 0.29) is 0 Å². The first kappa shape index (κ1) is 11.4. The topological polar surface area (TPSA) is 21.3 Å². The smallest absolute Gasteiger partial charge is 0.0700 e. The molecule has 0 radical (unpaired) electrons. The van der Waals surface area contributed by atoms with E-state index in [2.05, 4.69) is 12.2 Å². The van der Waals surface area contributed by atoms with Gasteiger partial charge in [0.2, 0.25) is 0 Å². The average molecular weight is 211 g/mol. The Morgan fingerprint density at radius 2 is 1.60 bits per heavy atom. The van der Waals surface area contributed by atoms with Gasteiger partial charge < -0.3 is 10.1 Å². The van der Waals surface area contributed by atoms with Crippen LogP contribution in [0, 0.1) is 0 Å². The molecule has 0 aromatic carbocycles. The van der Waals surface area contributed by atoms with Crippen molar-refractivity contribution >= 4 is 0 Å². The summed E-state index contributed by atoms with van der Waals surface area (Å²) in [6.45, 7) is 3.15. The van der Waals surface area contributed by atoms with Crippen LogP contribution >= 0.6 is 0 Å². The SMILES string of the molecule is CC1OCCC1NC1CCCCCCC1. The lowest BCUT2D eigenvalue weighted by molar-refractivity contribution is 0.110. The van der Waals surface area contributed by atoms with Crippen molar-refractivity contribution in [3.8, 4) is 0 Å². The minimum absolute atomic E-state index is 0.426. The molecule has 1 N–H and O–H groups in total. The van der Waals surface area contributed by atoms with Gasteiger partial charge in [-0.25, -0.2) is 0 Å². The van der Waals surface area contributed by atoms with E-state index in [4.69, 9.17) is 4.74 Å². The van der Waals surface area contributed by atoms with Gasteiger partial charge in [0.05, 0.1) is 6.10 Å². The molecule has 1 heterocycles. The molecule has 2 aliphatic rings. The van der Waals surface area contributed by atoms with Crippen molar-refractivity contribution in [1.82, 2.24) is 5.32 Å². The molecule has 2 heteroatoms. The van der Waals surface area contributed by atoms with E-state index >= 15 is 0 Å². The Hall–Kier alpha value is -0.0800. The number of ether oxygens (including phenoxy) is 1. The summed E-state index contributed by atoms with van der Waals surface area (Å²) in [5, 5.41) is 3.81. The summed E-state index contributed by atoms with van der Waals surface area (Å²) in [4.78, 5) is 0. The van der Waals surface area contributed by atoms with E-state index in [1.165, 1.54) is 51.4 Å². The Labute approximate surface area is 93.8 Å². The van der Waals surface area contributed by atoms with Crippen molar-refractivity contribution < 1.29 is 4.74 Å². The van der Waals surface area contributed by atoms with E-state index in [0.717, 1.165) is 12.6 Å². The summed E-state index contributed by atoms with van der Waals surface area (Å²) in [5.74, 6) is 0. The first-order valence-corrected chi connectivity index (χ1v) is 6.74. The second-order valence-corrected chi connectivity index (χ2v) is 5.18. The Kier molecular flexibility index (Phi) is 4.45. The lowest BCUT2D eigenvalue weighted by Crippen LogP contribution is -2.42. The molecular weight excluding hydrogens is 186 g/mol. The molecule has 2 nitrogen and oxygen atoms in total. The average Bonchev–Trinajstić information content (AvgIpc) is 2.56. The van der Waals surface area contributed by atoms with E-state index in [0.29, 0.717) is 12.1 Å². The molecule has 15 heavy (non-hydrogen) atoms. The molecule has 1 saturated carbocycles. The molecule has 2 fully saturated rings. The van der Waals surface area contributed by atoms with Crippen LogP contribution in [0.2, 0.25) is 0 Å². The van der Waals surface area contributed by atoms with Crippen LogP contribution in [0.4, 0.5) is 0 Å². The number of rotatable bonds is 2. The Morgan fingerprint density at radius 3 is 2.20 bits per heavy atom. The normalized spacial score (nSPS) is 35.0. The molecule has 1 saturated heterocycles. The minimum Gasteiger partial charge on any atom is -0.377 e. The molecule has 2 unspecified atom stereocenters. The summed E-state index contributed by atoms with van der Waals surface area (Å²) in [6.07, 6.45) is 11.6. The van der Waals surface area contributed by atoms with Crippen molar-refractivity contribution in [2.45, 2.75) is 76.5 Å². The predicted octanol–water partition coefficient (Wildman–Crippen LogP) is 2.87. The maximum atomic E-state index is 5.60. The molecule has 0 aromatic rings. The molecule has 0 amide bonds. The quantitative estimate of drug-likeness (QED) is 0.758. The zero-order chi connectivity index (χ0) is 10.5. The summed E-state index contributed by atoms with van der Waals surface area (Å²) in [5.41, 5.74) is 0. The second-order valence-electron chi connectivity index (χ2n) is 5.18. The summed E-state index contributed by atoms with van der Waals surface area (Å²) in [7, 11) is 0. The Bertz CT molecular complexity index is 175. The van der Waals surface area contributed by atoms with Crippen molar-refractivity contribution in [2.75, 3.05) is 6.61 Å². The number of hydrogen-bond acceptors (Lipinski definition) is 2. The number of hydrogen-bond donors (Lipinski definition) is 1. The van der Waals surface area contributed by atoms with E-state index in [1.54, 1.807) is 0 Å². The molecule has 1 aliphatic heterocycles. The fraction of sp³-hybridized carbons (Fsp3) is 1.00. The van der Waals surface area contributed by atoms with E-state index in [9.17, 15) is 0 Å². The second kappa shape index (κ2) is 5.86. The third-order valence-corrected chi connectivity index (χ3v) is 3.93. The van der Waals surface area contributed by atoms with E-state index < -0.39 is 0 Å². The maximum absolute atomic E-state index is 5.60. The largest absolute Gasteiger partial charge is 0.377 e. The highest BCUT2D eigenvalue weighted by atomic mass is 16.5. The van der Waals surface area contributed by atoms with Gasteiger partial charge in [0, 0.05) is 18.7 Å². The molecule has 2 rings (SSSR count). The predicted molar refractivity (Wildman–Crippen MR) is 63.1 cm³/mol. The molecule has 0 aromatic heterocycles. The molecule has 0 spiro atoms. The lowest BCUT2D eigenvalue weighted by Gasteiger charge is -2.26. The summed E-state index contributed by atoms with van der Waals surface area (Å²) >= 11 is 0. The first-order valence-electron chi connectivity index (χ1n) is 6.74. The third kappa shape index (κ3) is 3.46. The van der Waals surface area contributed by atoms with Crippen LogP contribution in [-0.4, -0.2) is 24.8 Å². The van der Waals surface area contributed by atoms with Crippen LogP contribution in [0.5, 0.6) is 0 Å². The van der Waals surface area contributed by atoms with Gasteiger partial charge in [0.15, 0.2) is 0 Å². The summed E-state index contributed by atoms with van der Waals surface area (Å²) in [6, 6.07) is 1.38. The monoisotopic (exact) mass is 211 g/mol. The van der Waals surface area contributed by atoms with Gasteiger partial charge in [-0.3, -0.25) is 0 Å². The van der Waals surface area contributed by atoms with Gasteiger partial charge in [-0.2, -0.15) is 0 Å². The van der Waals surface area contributed by atoms with Gasteiger partial charge in [0.25, 0.3) is 0 Å². The van der Waals surface area contributed by atoms with Crippen molar-refractivity contribution in [3.63, 3.8) is 0 Å². The fourth-order valence-electron chi connectivity index (χ4n) is 2.88. The first-order chi connectivity index (χ1) is 7.36. The minimum atomic E-state index is 0.426. The molecule has 88 valence electrons. The van der Waals surface area contributed by atoms with Gasteiger partial charge in [-0.15, -0.1) is 0 Å². The van der Waals surface area contributed by atoms with Gasteiger partial charge in [0.1, 0.15) is 0 Å². The number of nitrogens with one attached hydrogen (secondary N) is 1. The van der Waals surface area contributed by atoms with Gasteiger partial charge in [-0.1, -0.05) is 32.1 Å². The van der Waals surface area contributed by atoms with Crippen molar-refractivity contribution in [2.24, 2.45) is 0 Å². The van der Waals surface area contributed by atoms with Crippen LogP contribution in [0.15, 0.2) is 0 Å². The van der Waals surface area contributed by atoms with Gasteiger partial charge >= 0.3 is 0 Å². The molecule has 0 bridgehead atoms. The summed E-state index contributed by atoms with van der Waals surface area (Å²) < 4.78 is 5.60. The fourth-order valence-corrected chi connectivity index (χ4v) is 2.88. The third-order valence-electron chi connectivity index (χ3n) is 3.93. The van der Waals surface area contributed by atoms with Crippen LogP contribution in [0.1, 0.15) is 58.3 Å². The van der Waals surface area contributed by atoms with Crippen LogP contribution in [0.25, 0.3) is 0 Å². The standard InChI is InChI=1S/C13H25NO/c1-11-13(9-10-15-11)14-12-7-5-3-2-4-6-8-12/h11-14H,2-10H2,1H3. The highest BCUT2D eigenvalue weighted by Crippen LogP contribution is 2.20. The van der Waals surface area contributed by atoms with E-state index in [1.807, 2.05) is 0 Å². The highest BCUT2D eigenvalue weighted by molar-refractivity contribution is 4.83. The lowest BCUT2D eigenvalue weighted by atomic mass is 9.95. The molecule has 2 atom stereocenters. The zero-order valence-electron chi connectivity index (χ0n) is 10.0. The van der Waals surface area contributed by atoms with Crippen LogP contribution in [-0.2, 0) is 4.74 Å². The van der Waals surface area contributed by atoms with Crippen LogP contribution in [0.3, 0.4) is 0 Å². The highest BCUT2D eigenvalue weighted by Gasteiger charge is 2.26. The molecule has 1 aliphatic carbocycles. The zero-order valence-corrected chi connectivity index (χ0v) is 10.0. The van der Waals surface area contributed by atoms with Gasteiger partial charge in [-0.05, 0) is 26.2 Å². The molecular formula is C13H25NO. The Balaban J connectivity index is 1.75. The van der Waals surface area contributed by atoms with Crippen molar-refractivity contribution in [1.29, 1.82) is 0 Å².